The number of hydrogen-bond donors (Lipinski definition) is 2. The van der Waals surface area contributed by atoms with Crippen LogP contribution >= 0.6 is 11.6 Å². The summed E-state index contributed by atoms with van der Waals surface area (Å²) in [6.07, 6.45) is -0.286. The second-order valence-electron chi connectivity index (χ2n) is 4.55. The summed E-state index contributed by atoms with van der Waals surface area (Å²) in [4.78, 5) is 14.7. The van der Waals surface area contributed by atoms with Gasteiger partial charge in [0.1, 0.15) is 5.82 Å². The van der Waals surface area contributed by atoms with Crippen LogP contribution < -0.4 is 4.72 Å². The number of anilines is 1. The van der Waals surface area contributed by atoms with Crippen molar-refractivity contribution in [1.29, 1.82) is 0 Å². The monoisotopic (exact) mass is 340 g/mol. The molecule has 0 radical (unpaired) electrons. The lowest BCUT2D eigenvalue weighted by molar-refractivity contribution is -0.136. The van der Waals surface area contributed by atoms with Crippen LogP contribution in [0.1, 0.15) is 11.3 Å². The largest absolute Gasteiger partial charge is 0.481 e. The average molecular weight is 341 g/mol. The van der Waals surface area contributed by atoms with Gasteiger partial charge < -0.3 is 5.11 Å². The van der Waals surface area contributed by atoms with Gasteiger partial charge in [-0.2, -0.15) is 0 Å². The molecule has 8 heteroatoms. The van der Waals surface area contributed by atoms with E-state index in [9.17, 15) is 13.2 Å². The molecule has 0 aliphatic heterocycles. The highest BCUT2D eigenvalue weighted by atomic mass is 35.5. The minimum absolute atomic E-state index is 0.0467. The van der Waals surface area contributed by atoms with Crippen LogP contribution in [0.5, 0.6) is 0 Å². The number of hydrogen-bond acceptors (Lipinski definition) is 4. The van der Waals surface area contributed by atoms with Crippen molar-refractivity contribution in [3.63, 3.8) is 0 Å². The van der Waals surface area contributed by atoms with Crippen LogP contribution in [0.2, 0.25) is 5.02 Å². The first-order valence-electron chi connectivity index (χ1n) is 6.25. The van der Waals surface area contributed by atoms with E-state index >= 15 is 0 Å². The van der Waals surface area contributed by atoms with E-state index in [1.807, 2.05) is 0 Å². The molecule has 0 aliphatic rings. The Morgan fingerprint density at radius 3 is 2.64 bits per heavy atom. The number of sulfonamides is 1. The minimum atomic E-state index is -3.86. The number of nitrogens with one attached hydrogen (secondary N) is 1. The van der Waals surface area contributed by atoms with Gasteiger partial charge in [0.15, 0.2) is 0 Å². The van der Waals surface area contributed by atoms with Crippen LogP contribution in [0.25, 0.3) is 0 Å². The molecule has 2 aromatic rings. The zero-order valence-corrected chi connectivity index (χ0v) is 13.1. The Kier molecular flexibility index (Phi) is 4.68. The minimum Gasteiger partial charge on any atom is -0.481 e. The highest BCUT2D eigenvalue weighted by Crippen LogP contribution is 2.24. The first-order valence-corrected chi connectivity index (χ1v) is 8.11. The number of aromatic nitrogens is 1. The molecule has 2 rings (SSSR count). The van der Waals surface area contributed by atoms with E-state index in [1.54, 1.807) is 13.0 Å². The van der Waals surface area contributed by atoms with E-state index < -0.39 is 16.0 Å². The zero-order valence-electron chi connectivity index (χ0n) is 11.6. The molecule has 1 heterocycles. The number of carboxylic acids is 1. The van der Waals surface area contributed by atoms with Crippen molar-refractivity contribution in [2.24, 2.45) is 0 Å². The molecule has 0 spiro atoms. The van der Waals surface area contributed by atoms with E-state index in [0.717, 1.165) is 0 Å². The van der Waals surface area contributed by atoms with Crippen LogP contribution in [0, 0.1) is 6.92 Å². The Labute approximate surface area is 132 Å². The molecule has 116 valence electrons. The Hall–Kier alpha value is -2.12. The van der Waals surface area contributed by atoms with Gasteiger partial charge in [-0.3, -0.25) is 9.52 Å². The fourth-order valence-corrected chi connectivity index (χ4v) is 3.36. The Balaban J connectivity index is 2.33. The summed E-state index contributed by atoms with van der Waals surface area (Å²) < 4.78 is 27.1. The van der Waals surface area contributed by atoms with Crippen LogP contribution in [0.15, 0.2) is 41.3 Å². The summed E-state index contributed by atoms with van der Waals surface area (Å²) in [5.74, 6) is -0.990. The number of benzene rings is 1. The van der Waals surface area contributed by atoms with Gasteiger partial charge in [-0.1, -0.05) is 23.7 Å². The van der Waals surface area contributed by atoms with Crippen molar-refractivity contribution in [3.8, 4) is 0 Å². The van der Waals surface area contributed by atoms with E-state index in [2.05, 4.69) is 9.71 Å². The Morgan fingerprint density at radius 1 is 1.27 bits per heavy atom. The van der Waals surface area contributed by atoms with E-state index in [0.29, 0.717) is 10.6 Å². The van der Waals surface area contributed by atoms with Gasteiger partial charge in [-0.25, -0.2) is 13.4 Å². The summed E-state index contributed by atoms with van der Waals surface area (Å²) in [5, 5.41) is 9.09. The number of pyridine rings is 1. The van der Waals surface area contributed by atoms with E-state index in [-0.39, 0.29) is 22.8 Å². The third kappa shape index (κ3) is 3.75. The summed E-state index contributed by atoms with van der Waals surface area (Å²) in [6, 6.07) is 9.07. The highest BCUT2D eigenvalue weighted by molar-refractivity contribution is 7.92. The third-order valence-electron chi connectivity index (χ3n) is 2.89. The third-order valence-corrected chi connectivity index (χ3v) is 4.79. The molecule has 0 aliphatic carbocycles. The summed E-state index contributed by atoms with van der Waals surface area (Å²) in [7, 11) is -3.86. The van der Waals surface area contributed by atoms with Crippen LogP contribution in [0.4, 0.5) is 5.82 Å². The van der Waals surface area contributed by atoms with Gasteiger partial charge in [-0.15, -0.1) is 0 Å². The molecule has 0 amide bonds. The summed E-state index contributed by atoms with van der Waals surface area (Å²) in [6.45, 7) is 1.60. The molecule has 0 unspecified atom stereocenters. The molecule has 0 atom stereocenters. The smallest absolute Gasteiger partial charge is 0.309 e. The van der Waals surface area contributed by atoms with Gasteiger partial charge in [0, 0.05) is 5.02 Å². The van der Waals surface area contributed by atoms with Crippen molar-refractivity contribution >= 4 is 33.4 Å². The molecular formula is C14H13ClN2O4S. The lowest BCUT2D eigenvalue weighted by Gasteiger charge is -2.11. The number of halogens is 1. The van der Waals surface area contributed by atoms with Gasteiger partial charge in [0.25, 0.3) is 10.0 Å². The number of aliphatic carboxylic acids is 1. The standard InChI is InChI=1S/C14H13ClN2O4S/c1-9-11(15)5-3-6-12(9)22(20,21)17-13-7-2-4-10(16-13)8-14(18)19/h2-7H,8H2,1H3,(H,16,17)(H,18,19). The van der Waals surface area contributed by atoms with Gasteiger partial charge in [0.05, 0.1) is 17.0 Å². The van der Waals surface area contributed by atoms with Crippen molar-refractivity contribution in [2.45, 2.75) is 18.2 Å². The molecule has 2 N–H and O–H groups in total. The average Bonchev–Trinajstić information content (AvgIpc) is 2.40. The second kappa shape index (κ2) is 6.33. The summed E-state index contributed by atoms with van der Waals surface area (Å²) >= 11 is 5.93. The van der Waals surface area contributed by atoms with Crippen LogP contribution in [-0.2, 0) is 21.2 Å². The molecular weight excluding hydrogens is 328 g/mol. The van der Waals surface area contributed by atoms with Crippen molar-refractivity contribution in [3.05, 3.63) is 52.7 Å². The van der Waals surface area contributed by atoms with Crippen LogP contribution in [0.3, 0.4) is 0 Å². The van der Waals surface area contributed by atoms with Crippen molar-refractivity contribution < 1.29 is 18.3 Å². The topological polar surface area (TPSA) is 96.4 Å². The molecule has 0 saturated carbocycles. The summed E-state index contributed by atoms with van der Waals surface area (Å²) in [5.41, 5.74) is 0.689. The Morgan fingerprint density at radius 2 is 1.95 bits per heavy atom. The molecule has 0 saturated heterocycles. The molecule has 1 aromatic carbocycles. The SMILES string of the molecule is Cc1c(Cl)cccc1S(=O)(=O)Nc1cccc(CC(=O)O)n1. The molecule has 0 bridgehead atoms. The second-order valence-corrected chi connectivity index (χ2v) is 6.61. The normalized spacial score (nSPS) is 11.2. The lowest BCUT2D eigenvalue weighted by Crippen LogP contribution is -2.16. The number of carbonyl (C=O) groups is 1. The van der Waals surface area contributed by atoms with E-state index in [4.69, 9.17) is 16.7 Å². The van der Waals surface area contributed by atoms with Gasteiger partial charge in [0.2, 0.25) is 0 Å². The maximum absolute atomic E-state index is 12.4. The van der Waals surface area contributed by atoms with Gasteiger partial charge >= 0.3 is 5.97 Å². The van der Waals surface area contributed by atoms with Gasteiger partial charge in [-0.05, 0) is 36.8 Å². The highest BCUT2D eigenvalue weighted by Gasteiger charge is 2.19. The van der Waals surface area contributed by atoms with Crippen molar-refractivity contribution in [1.82, 2.24) is 4.98 Å². The Bertz CT molecular complexity index is 821. The molecule has 6 nitrogen and oxygen atoms in total. The molecule has 1 aromatic heterocycles. The number of carboxylic acid groups (broad SMARTS) is 1. The number of rotatable bonds is 5. The van der Waals surface area contributed by atoms with Crippen molar-refractivity contribution in [2.75, 3.05) is 4.72 Å². The first-order chi connectivity index (χ1) is 10.3. The first kappa shape index (κ1) is 16.3. The van der Waals surface area contributed by atoms with E-state index in [1.165, 1.54) is 30.3 Å². The lowest BCUT2D eigenvalue weighted by atomic mass is 10.2. The maximum Gasteiger partial charge on any atom is 0.309 e. The maximum atomic E-state index is 12.4. The molecule has 0 fully saturated rings. The van der Waals surface area contributed by atoms with Crippen LogP contribution in [-0.4, -0.2) is 24.5 Å². The predicted octanol–water partition coefficient (Wildman–Crippen LogP) is 2.47. The zero-order chi connectivity index (χ0) is 16.3. The fraction of sp³-hybridized carbons (Fsp3) is 0.143. The fourth-order valence-electron chi connectivity index (χ4n) is 1.86. The predicted molar refractivity (Wildman–Crippen MR) is 82.6 cm³/mol. The number of nitrogens with zero attached hydrogens (tertiary/aromatic N) is 1. The molecule has 22 heavy (non-hydrogen) atoms. The quantitative estimate of drug-likeness (QED) is 0.871.